The zero-order valence-electron chi connectivity index (χ0n) is 10.3. The molecular weight excluding hydrogens is 156 g/mol. The van der Waals surface area contributed by atoms with Crippen molar-refractivity contribution in [1.29, 1.82) is 0 Å². The number of hydrogen-bond acceptors (Lipinski definition) is 0. The normalized spacial score (nSPS) is 16.2. The minimum atomic E-state index is 0.864. The van der Waals surface area contributed by atoms with Gasteiger partial charge in [-0.2, -0.15) is 0 Å². The van der Waals surface area contributed by atoms with E-state index in [0.29, 0.717) is 0 Å². The van der Waals surface area contributed by atoms with E-state index in [2.05, 4.69) is 34.6 Å². The van der Waals surface area contributed by atoms with Gasteiger partial charge < -0.3 is 0 Å². The summed E-state index contributed by atoms with van der Waals surface area (Å²) in [6.45, 7) is 11.8. The first-order chi connectivity index (χ1) is 6.07. The van der Waals surface area contributed by atoms with Crippen LogP contribution in [0, 0.1) is 17.8 Å². The van der Waals surface area contributed by atoms with Crippen LogP contribution in [-0.4, -0.2) is 0 Å². The molecule has 80 valence electrons. The van der Waals surface area contributed by atoms with Gasteiger partial charge in [-0.05, 0) is 24.2 Å². The standard InChI is InChI=1S/C13H28/c1-6-7-8-9-12(4)13(5)10-11(2)3/h11-13H,6-10H2,1-5H3. The van der Waals surface area contributed by atoms with Crippen molar-refractivity contribution >= 4 is 0 Å². The zero-order valence-corrected chi connectivity index (χ0v) is 10.3. The molecule has 0 nitrogen and oxygen atoms in total. The molecule has 2 atom stereocenters. The van der Waals surface area contributed by atoms with Gasteiger partial charge in [0.25, 0.3) is 0 Å². The molecular formula is C13H28. The van der Waals surface area contributed by atoms with E-state index in [1.54, 1.807) is 0 Å². The lowest BCUT2D eigenvalue weighted by atomic mass is 9.85. The van der Waals surface area contributed by atoms with E-state index in [1.165, 1.54) is 32.1 Å². The molecule has 0 aliphatic rings. The largest absolute Gasteiger partial charge is 0.0654 e. The second-order valence-corrected chi connectivity index (χ2v) is 5.08. The maximum atomic E-state index is 2.42. The summed E-state index contributed by atoms with van der Waals surface area (Å²) in [5, 5.41) is 0. The van der Waals surface area contributed by atoms with Crippen LogP contribution < -0.4 is 0 Å². The van der Waals surface area contributed by atoms with Gasteiger partial charge >= 0.3 is 0 Å². The summed E-state index contributed by atoms with van der Waals surface area (Å²) in [5.41, 5.74) is 0. The van der Waals surface area contributed by atoms with Crippen LogP contribution in [0.1, 0.15) is 66.7 Å². The molecule has 0 saturated heterocycles. The molecule has 0 spiro atoms. The highest BCUT2D eigenvalue weighted by atomic mass is 14.2. The lowest BCUT2D eigenvalue weighted by molar-refractivity contribution is 0.301. The third-order valence-corrected chi connectivity index (χ3v) is 3.08. The number of rotatable bonds is 7. The Bertz CT molecular complexity index is 105. The van der Waals surface area contributed by atoms with Crippen LogP contribution in [-0.2, 0) is 0 Å². The molecule has 0 aromatic heterocycles. The highest BCUT2D eigenvalue weighted by Gasteiger charge is 2.12. The summed E-state index contributed by atoms with van der Waals surface area (Å²) in [4.78, 5) is 0. The van der Waals surface area contributed by atoms with Crippen LogP contribution in [0.4, 0.5) is 0 Å². The van der Waals surface area contributed by atoms with E-state index in [-0.39, 0.29) is 0 Å². The van der Waals surface area contributed by atoms with Crippen molar-refractivity contribution < 1.29 is 0 Å². The van der Waals surface area contributed by atoms with Crippen molar-refractivity contribution in [2.45, 2.75) is 66.7 Å². The first kappa shape index (κ1) is 13.0. The maximum absolute atomic E-state index is 2.42. The van der Waals surface area contributed by atoms with Gasteiger partial charge in [-0.15, -0.1) is 0 Å². The van der Waals surface area contributed by atoms with Gasteiger partial charge in [0.2, 0.25) is 0 Å². The monoisotopic (exact) mass is 184 g/mol. The maximum Gasteiger partial charge on any atom is -0.0415 e. The highest BCUT2D eigenvalue weighted by molar-refractivity contribution is 4.63. The van der Waals surface area contributed by atoms with E-state index in [0.717, 1.165) is 17.8 Å². The van der Waals surface area contributed by atoms with Crippen LogP contribution in [0.25, 0.3) is 0 Å². The SMILES string of the molecule is CCCCCC(C)C(C)CC(C)C. The van der Waals surface area contributed by atoms with Gasteiger partial charge in [-0.1, -0.05) is 60.3 Å². The molecule has 0 aromatic rings. The minimum Gasteiger partial charge on any atom is -0.0654 e. The molecule has 0 fully saturated rings. The van der Waals surface area contributed by atoms with Gasteiger partial charge in [0.1, 0.15) is 0 Å². The average Bonchev–Trinajstić information content (AvgIpc) is 2.03. The Balaban J connectivity index is 3.50. The van der Waals surface area contributed by atoms with Crippen molar-refractivity contribution in [1.82, 2.24) is 0 Å². The van der Waals surface area contributed by atoms with Gasteiger partial charge in [-0.25, -0.2) is 0 Å². The molecule has 0 saturated carbocycles. The summed E-state index contributed by atoms with van der Waals surface area (Å²) >= 11 is 0. The second-order valence-electron chi connectivity index (χ2n) is 5.08. The predicted molar refractivity (Wildman–Crippen MR) is 61.9 cm³/mol. The molecule has 0 aliphatic carbocycles. The molecule has 0 rings (SSSR count). The summed E-state index contributed by atoms with van der Waals surface area (Å²) in [5.74, 6) is 2.70. The Hall–Kier alpha value is 0. The van der Waals surface area contributed by atoms with Crippen LogP contribution in [0.3, 0.4) is 0 Å². The highest BCUT2D eigenvalue weighted by Crippen LogP contribution is 2.24. The van der Waals surface area contributed by atoms with Crippen molar-refractivity contribution in [3.8, 4) is 0 Å². The van der Waals surface area contributed by atoms with E-state index in [9.17, 15) is 0 Å². The molecule has 0 heteroatoms. The summed E-state index contributed by atoms with van der Waals surface area (Å²) < 4.78 is 0. The van der Waals surface area contributed by atoms with Crippen molar-refractivity contribution in [2.24, 2.45) is 17.8 Å². The fourth-order valence-electron chi connectivity index (χ4n) is 1.98. The van der Waals surface area contributed by atoms with Crippen molar-refractivity contribution in [3.63, 3.8) is 0 Å². The Kier molecular flexibility index (Phi) is 7.41. The summed E-state index contributed by atoms with van der Waals surface area (Å²) in [7, 11) is 0. The predicted octanol–water partition coefficient (Wildman–Crippen LogP) is 4.89. The van der Waals surface area contributed by atoms with E-state index < -0.39 is 0 Å². The van der Waals surface area contributed by atoms with Crippen LogP contribution >= 0.6 is 0 Å². The number of hydrogen-bond donors (Lipinski definition) is 0. The average molecular weight is 184 g/mol. The molecule has 0 aromatic carbocycles. The Morgan fingerprint density at radius 1 is 0.846 bits per heavy atom. The first-order valence-corrected chi connectivity index (χ1v) is 6.07. The van der Waals surface area contributed by atoms with Crippen molar-refractivity contribution in [3.05, 3.63) is 0 Å². The van der Waals surface area contributed by atoms with Crippen LogP contribution in [0.2, 0.25) is 0 Å². The molecule has 2 unspecified atom stereocenters. The van der Waals surface area contributed by atoms with Gasteiger partial charge in [0, 0.05) is 0 Å². The second kappa shape index (κ2) is 7.41. The third kappa shape index (κ3) is 7.10. The van der Waals surface area contributed by atoms with E-state index in [4.69, 9.17) is 0 Å². The Morgan fingerprint density at radius 2 is 1.46 bits per heavy atom. The van der Waals surface area contributed by atoms with E-state index >= 15 is 0 Å². The quantitative estimate of drug-likeness (QED) is 0.494. The lowest BCUT2D eigenvalue weighted by Gasteiger charge is -2.21. The Morgan fingerprint density at radius 3 is 1.92 bits per heavy atom. The molecule has 0 radical (unpaired) electrons. The molecule has 13 heavy (non-hydrogen) atoms. The molecule has 0 bridgehead atoms. The molecule has 0 heterocycles. The van der Waals surface area contributed by atoms with Crippen molar-refractivity contribution in [2.75, 3.05) is 0 Å². The molecule has 0 N–H and O–H groups in total. The topological polar surface area (TPSA) is 0 Å². The molecule has 0 aliphatic heterocycles. The van der Waals surface area contributed by atoms with Gasteiger partial charge in [-0.3, -0.25) is 0 Å². The van der Waals surface area contributed by atoms with Gasteiger partial charge in [0.05, 0.1) is 0 Å². The Labute approximate surface area is 85.1 Å². The fourth-order valence-corrected chi connectivity index (χ4v) is 1.98. The number of unbranched alkanes of at least 4 members (excludes halogenated alkanes) is 2. The fraction of sp³-hybridized carbons (Fsp3) is 1.00. The summed E-state index contributed by atoms with van der Waals surface area (Å²) in [6.07, 6.45) is 7.03. The molecule has 0 amide bonds. The summed E-state index contributed by atoms with van der Waals surface area (Å²) in [6, 6.07) is 0. The van der Waals surface area contributed by atoms with Crippen LogP contribution in [0.5, 0.6) is 0 Å². The smallest absolute Gasteiger partial charge is 0.0415 e. The van der Waals surface area contributed by atoms with Gasteiger partial charge in [0.15, 0.2) is 0 Å². The third-order valence-electron chi connectivity index (χ3n) is 3.08. The minimum absolute atomic E-state index is 0.864. The first-order valence-electron chi connectivity index (χ1n) is 6.07. The van der Waals surface area contributed by atoms with Crippen LogP contribution in [0.15, 0.2) is 0 Å². The zero-order chi connectivity index (χ0) is 10.3. The lowest BCUT2D eigenvalue weighted by Crippen LogP contribution is -2.10. The van der Waals surface area contributed by atoms with E-state index in [1.807, 2.05) is 0 Å².